The number of piperidine rings is 1. The van der Waals surface area contributed by atoms with Crippen molar-refractivity contribution in [1.29, 1.82) is 0 Å². The Morgan fingerprint density at radius 2 is 2.06 bits per heavy atom. The number of carbonyl (C=O) groups excluding carboxylic acids is 1. The van der Waals surface area contributed by atoms with E-state index in [-0.39, 0.29) is 5.82 Å². The molecule has 0 atom stereocenters. The standard InChI is InChI=1S/C22H27FN8O/c1-3-24-22(32)29-21-20(23)17(25-14-26-21)13-16-7-11-30(12-8-16)18-5-6-19(28-15(18)2)31-10-4-9-27-31/h4-6,9-10,14,16H,3,7-8,11-13H2,1-2H3,(H2,24,25,26,29,32). The van der Waals surface area contributed by atoms with E-state index in [1.54, 1.807) is 17.8 Å². The van der Waals surface area contributed by atoms with Crippen molar-refractivity contribution in [3.05, 3.63) is 54.1 Å². The molecule has 4 rings (SSSR count). The predicted molar refractivity (Wildman–Crippen MR) is 119 cm³/mol. The van der Waals surface area contributed by atoms with Gasteiger partial charge in [0.2, 0.25) is 0 Å². The second kappa shape index (κ2) is 9.71. The van der Waals surface area contributed by atoms with Crippen molar-refractivity contribution in [2.75, 3.05) is 29.9 Å². The topological polar surface area (TPSA) is 101 Å². The summed E-state index contributed by atoms with van der Waals surface area (Å²) in [5.74, 6) is 0.458. The minimum atomic E-state index is -0.560. The van der Waals surface area contributed by atoms with Crippen LogP contribution in [0.25, 0.3) is 5.82 Å². The highest BCUT2D eigenvalue weighted by atomic mass is 19.1. The quantitative estimate of drug-likeness (QED) is 0.613. The number of aryl methyl sites for hydroxylation is 1. The number of hydrogen-bond donors (Lipinski definition) is 2. The second-order valence-electron chi connectivity index (χ2n) is 7.83. The summed E-state index contributed by atoms with van der Waals surface area (Å²) in [5.41, 5.74) is 2.41. The molecule has 1 aliphatic heterocycles. The summed E-state index contributed by atoms with van der Waals surface area (Å²) >= 11 is 0. The largest absolute Gasteiger partial charge is 0.370 e. The van der Waals surface area contributed by atoms with Crippen molar-refractivity contribution in [3.8, 4) is 5.82 Å². The Kier molecular flexibility index (Phi) is 6.58. The SMILES string of the molecule is CCNC(=O)Nc1ncnc(CC2CCN(c3ccc(-n4cccn4)nc3C)CC2)c1F. The van der Waals surface area contributed by atoms with Crippen LogP contribution in [0.1, 0.15) is 31.2 Å². The van der Waals surface area contributed by atoms with E-state index < -0.39 is 11.8 Å². The lowest BCUT2D eigenvalue weighted by Crippen LogP contribution is -2.35. The molecule has 0 aliphatic carbocycles. The van der Waals surface area contributed by atoms with Crippen LogP contribution in [0, 0.1) is 18.7 Å². The molecule has 1 aliphatic rings. The van der Waals surface area contributed by atoms with Gasteiger partial charge < -0.3 is 10.2 Å². The number of aromatic nitrogens is 5. The van der Waals surface area contributed by atoms with Crippen LogP contribution in [-0.2, 0) is 6.42 Å². The Morgan fingerprint density at radius 1 is 1.25 bits per heavy atom. The van der Waals surface area contributed by atoms with Crippen LogP contribution in [0.5, 0.6) is 0 Å². The number of hydrogen-bond acceptors (Lipinski definition) is 6. The van der Waals surface area contributed by atoms with Crippen molar-refractivity contribution < 1.29 is 9.18 Å². The van der Waals surface area contributed by atoms with Crippen LogP contribution in [-0.4, -0.2) is 50.4 Å². The zero-order valence-electron chi connectivity index (χ0n) is 18.3. The Morgan fingerprint density at radius 3 is 2.75 bits per heavy atom. The van der Waals surface area contributed by atoms with Gasteiger partial charge in [0.25, 0.3) is 0 Å². The Bertz CT molecular complexity index is 1060. The fraction of sp³-hybridized carbons (Fsp3) is 0.409. The van der Waals surface area contributed by atoms with Gasteiger partial charge in [-0.2, -0.15) is 5.10 Å². The van der Waals surface area contributed by atoms with E-state index in [4.69, 9.17) is 0 Å². The molecule has 0 bridgehead atoms. The summed E-state index contributed by atoms with van der Waals surface area (Å²) in [7, 11) is 0. The zero-order chi connectivity index (χ0) is 22.5. The zero-order valence-corrected chi connectivity index (χ0v) is 18.3. The van der Waals surface area contributed by atoms with E-state index in [1.165, 1.54) is 6.33 Å². The minimum Gasteiger partial charge on any atom is -0.370 e. The monoisotopic (exact) mass is 438 g/mol. The summed E-state index contributed by atoms with van der Waals surface area (Å²) in [5, 5.41) is 9.24. The van der Waals surface area contributed by atoms with Gasteiger partial charge in [-0.1, -0.05) is 0 Å². The van der Waals surface area contributed by atoms with E-state index in [0.29, 0.717) is 24.6 Å². The number of halogens is 1. The third-order valence-electron chi connectivity index (χ3n) is 5.65. The Labute approximate surface area is 186 Å². The lowest BCUT2D eigenvalue weighted by molar-refractivity contribution is 0.252. The third kappa shape index (κ3) is 4.84. The number of anilines is 2. The second-order valence-corrected chi connectivity index (χ2v) is 7.83. The summed E-state index contributed by atoms with van der Waals surface area (Å²) in [6, 6.07) is 5.45. The maximum absolute atomic E-state index is 14.8. The number of urea groups is 1. The molecular weight excluding hydrogens is 411 g/mol. The summed E-state index contributed by atoms with van der Waals surface area (Å²) < 4.78 is 16.5. The molecule has 0 spiro atoms. The number of nitrogens with zero attached hydrogens (tertiary/aromatic N) is 6. The van der Waals surface area contributed by atoms with Crippen LogP contribution in [0.4, 0.5) is 20.7 Å². The number of pyridine rings is 1. The first-order chi connectivity index (χ1) is 15.5. The van der Waals surface area contributed by atoms with Crippen LogP contribution in [0.3, 0.4) is 0 Å². The molecule has 10 heteroatoms. The molecule has 168 valence electrons. The first kappa shape index (κ1) is 21.7. The highest BCUT2D eigenvalue weighted by Crippen LogP contribution is 2.28. The molecule has 32 heavy (non-hydrogen) atoms. The van der Waals surface area contributed by atoms with Gasteiger partial charge in [0.05, 0.1) is 17.1 Å². The average Bonchev–Trinajstić information content (AvgIpc) is 3.32. The van der Waals surface area contributed by atoms with Crippen LogP contribution in [0.15, 0.2) is 36.9 Å². The smallest absolute Gasteiger partial charge is 0.320 e. The van der Waals surface area contributed by atoms with Gasteiger partial charge >= 0.3 is 6.03 Å². The van der Waals surface area contributed by atoms with E-state index >= 15 is 0 Å². The van der Waals surface area contributed by atoms with Crippen LogP contribution >= 0.6 is 0 Å². The van der Waals surface area contributed by atoms with Crippen molar-refractivity contribution >= 4 is 17.5 Å². The highest BCUT2D eigenvalue weighted by Gasteiger charge is 2.24. The number of amides is 2. The molecule has 3 aromatic rings. The molecule has 3 aromatic heterocycles. The van der Waals surface area contributed by atoms with E-state index in [0.717, 1.165) is 43.1 Å². The fourth-order valence-electron chi connectivity index (χ4n) is 4.01. The Hall–Kier alpha value is -3.56. The van der Waals surface area contributed by atoms with E-state index in [9.17, 15) is 9.18 Å². The van der Waals surface area contributed by atoms with Crippen LogP contribution in [0.2, 0.25) is 0 Å². The summed E-state index contributed by atoms with van der Waals surface area (Å²) in [4.78, 5) is 26.7. The van der Waals surface area contributed by atoms with Gasteiger partial charge in [0, 0.05) is 32.0 Å². The molecule has 1 saturated heterocycles. The predicted octanol–water partition coefficient (Wildman–Crippen LogP) is 3.11. The minimum absolute atomic E-state index is 0.0858. The fourth-order valence-corrected chi connectivity index (χ4v) is 4.01. The molecule has 4 heterocycles. The van der Waals surface area contributed by atoms with Gasteiger partial charge in [0.1, 0.15) is 6.33 Å². The molecule has 0 unspecified atom stereocenters. The summed E-state index contributed by atoms with van der Waals surface area (Å²) in [6.07, 6.45) is 7.25. The number of nitrogens with one attached hydrogen (secondary N) is 2. The molecule has 2 N–H and O–H groups in total. The maximum Gasteiger partial charge on any atom is 0.320 e. The van der Waals surface area contributed by atoms with Gasteiger partial charge in [-0.05, 0) is 57.2 Å². The first-order valence-electron chi connectivity index (χ1n) is 10.8. The molecule has 9 nitrogen and oxygen atoms in total. The normalized spacial score (nSPS) is 14.4. The van der Waals surface area contributed by atoms with Crippen molar-refractivity contribution in [3.63, 3.8) is 0 Å². The van der Waals surface area contributed by atoms with Gasteiger partial charge in [-0.15, -0.1) is 0 Å². The van der Waals surface area contributed by atoms with Gasteiger partial charge in [0.15, 0.2) is 17.5 Å². The van der Waals surface area contributed by atoms with E-state index in [2.05, 4.69) is 41.7 Å². The first-order valence-corrected chi connectivity index (χ1v) is 10.8. The molecule has 0 aromatic carbocycles. The maximum atomic E-state index is 14.8. The molecule has 2 amide bonds. The molecule has 0 radical (unpaired) electrons. The Balaban J connectivity index is 1.37. The third-order valence-corrected chi connectivity index (χ3v) is 5.65. The van der Waals surface area contributed by atoms with Crippen LogP contribution < -0.4 is 15.5 Å². The average molecular weight is 439 g/mol. The highest BCUT2D eigenvalue weighted by molar-refractivity contribution is 5.88. The lowest BCUT2D eigenvalue weighted by Gasteiger charge is -2.34. The van der Waals surface area contributed by atoms with Gasteiger partial charge in [-0.3, -0.25) is 5.32 Å². The van der Waals surface area contributed by atoms with Gasteiger partial charge in [-0.25, -0.2) is 28.8 Å². The molecule has 1 fully saturated rings. The summed E-state index contributed by atoms with van der Waals surface area (Å²) in [6.45, 7) is 5.98. The number of carbonyl (C=O) groups is 1. The molecule has 0 saturated carbocycles. The van der Waals surface area contributed by atoms with Crippen molar-refractivity contribution in [1.82, 2.24) is 30.0 Å². The molecular formula is C22H27FN8O. The van der Waals surface area contributed by atoms with Crippen molar-refractivity contribution in [2.45, 2.75) is 33.1 Å². The number of rotatable bonds is 6. The van der Waals surface area contributed by atoms with Crippen molar-refractivity contribution in [2.24, 2.45) is 5.92 Å². The lowest BCUT2D eigenvalue weighted by atomic mass is 9.91. The van der Waals surface area contributed by atoms with E-state index in [1.807, 2.05) is 25.3 Å².